The summed E-state index contributed by atoms with van der Waals surface area (Å²) in [7, 11) is 0. The third-order valence-electron chi connectivity index (χ3n) is 7.00. The zero-order valence-corrected chi connectivity index (χ0v) is 25.7. The number of nitrogens with zero attached hydrogens (tertiary/aromatic N) is 9. The van der Waals surface area contributed by atoms with E-state index >= 15 is 0 Å². The lowest BCUT2D eigenvalue weighted by molar-refractivity contribution is 0.698. The van der Waals surface area contributed by atoms with Crippen molar-refractivity contribution in [1.82, 2.24) is 39.5 Å². The van der Waals surface area contributed by atoms with E-state index in [-0.39, 0.29) is 7.43 Å². The highest BCUT2D eigenvalue weighted by atomic mass is 35.5. The molecular formula is C34H38ClN11. The first kappa shape index (κ1) is 32.1. The Labute approximate surface area is 274 Å². The van der Waals surface area contributed by atoms with Crippen LogP contribution < -0.4 is 15.5 Å². The monoisotopic (exact) mass is 635 g/mol. The Hall–Kier alpha value is -5.29. The molecule has 12 heteroatoms. The van der Waals surface area contributed by atoms with Gasteiger partial charge in [0.05, 0.1) is 11.4 Å². The Morgan fingerprint density at radius 2 is 1.28 bits per heavy atom. The van der Waals surface area contributed by atoms with Crippen molar-refractivity contribution >= 4 is 40.7 Å². The quantitative estimate of drug-likeness (QED) is 0.138. The van der Waals surface area contributed by atoms with Crippen LogP contribution in [0.15, 0.2) is 110 Å². The summed E-state index contributed by atoms with van der Waals surface area (Å²) in [5.41, 5.74) is 3.70. The van der Waals surface area contributed by atoms with Gasteiger partial charge in [0.25, 0.3) is 0 Å². The number of para-hydroxylation sites is 2. The third-order valence-corrected chi connectivity index (χ3v) is 7.21. The summed E-state index contributed by atoms with van der Waals surface area (Å²) in [5.74, 6) is 2.96. The molecule has 1 aliphatic rings. The van der Waals surface area contributed by atoms with Gasteiger partial charge in [0, 0.05) is 49.0 Å². The summed E-state index contributed by atoms with van der Waals surface area (Å²) in [5, 5.41) is 15.6. The smallest absolute Gasteiger partial charge is 0.246 e. The van der Waals surface area contributed by atoms with E-state index in [4.69, 9.17) is 11.6 Å². The van der Waals surface area contributed by atoms with E-state index in [2.05, 4.69) is 58.7 Å². The molecule has 0 saturated heterocycles. The van der Waals surface area contributed by atoms with E-state index in [0.29, 0.717) is 17.0 Å². The molecule has 1 fully saturated rings. The Morgan fingerprint density at radius 1 is 0.739 bits per heavy atom. The summed E-state index contributed by atoms with van der Waals surface area (Å²) >= 11 is 5.84. The van der Waals surface area contributed by atoms with Gasteiger partial charge in [-0.2, -0.15) is 9.97 Å². The number of halogens is 1. The van der Waals surface area contributed by atoms with Crippen molar-refractivity contribution < 1.29 is 0 Å². The lowest BCUT2D eigenvalue weighted by Gasteiger charge is -2.23. The van der Waals surface area contributed by atoms with Gasteiger partial charge in [-0.25, -0.2) is 19.3 Å². The van der Waals surface area contributed by atoms with Crippen molar-refractivity contribution in [3.63, 3.8) is 0 Å². The first-order valence-corrected chi connectivity index (χ1v) is 15.3. The number of aromatic nitrogens is 8. The summed E-state index contributed by atoms with van der Waals surface area (Å²) in [4.78, 5) is 19.5. The molecule has 0 radical (unpaired) electrons. The Morgan fingerprint density at radius 3 is 1.80 bits per heavy atom. The molecule has 0 amide bonds. The highest BCUT2D eigenvalue weighted by Crippen LogP contribution is 2.31. The highest BCUT2D eigenvalue weighted by Gasteiger charge is 2.24. The molecule has 236 valence electrons. The fraction of sp³-hybridized carbons (Fsp3) is 0.235. The average molecular weight is 636 g/mol. The van der Waals surface area contributed by atoms with Crippen molar-refractivity contribution in [2.75, 3.05) is 28.6 Å². The van der Waals surface area contributed by atoms with E-state index in [9.17, 15) is 0 Å². The summed E-state index contributed by atoms with van der Waals surface area (Å²) < 4.78 is 3.43. The average Bonchev–Trinajstić information content (AvgIpc) is 3.56. The number of hydrogen-bond acceptors (Lipinski definition) is 9. The van der Waals surface area contributed by atoms with Gasteiger partial charge in [-0.15, -0.1) is 10.2 Å². The van der Waals surface area contributed by atoms with Crippen LogP contribution in [0.3, 0.4) is 0 Å². The molecule has 2 aromatic carbocycles. The number of hydrogen-bond donors (Lipinski definition) is 2. The zero-order valence-electron chi connectivity index (χ0n) is 24.9. The molecule has 11 nitrogen and oxygen atoms in total. The molecule has 0 aliphatic heterocycles. The molecular weight excluding hydrogens is 598 g/mol. The van der Waals surface area contributed by atoms with Gasteiger partial charge in [-0.05, 0) is 61.6 Å². The second kappa shape index (κ2) is 15.6. The van der Waals surface area contributed by atoms with E-state index in [0.717, 1.165) is 54.0 Å². The van der Waals surface area contributed by atoms with Gasteiger partial charge in [0.1, 0.15) is 23.6 Å². The number of nitrogens with one attached hydrogen (secondary N) is 2. The van der Waals surface area contributed by atoms with Crippen molar-refractivity contribution in [3.8, 4) is 11.4 Å². The van der Waals surface area contributed by atoms with Gasteiger partial charge >= 0.3 is 0 Å². The van der Waals surface area contributed by atoms with Crippen LogP contribution in [0.2, 0.25) is 5.15 Å². The van der Waals surface area contributed by atoms with E-state index in [1.807, 2.05) is 79.0 Å². The maximum Gasteiger partial charge on any atom is 0.246 e. The standard InChI is InChI=1S/C20H24N6.C13H10ClN5.CH4/c1-2-12-25(14-16-8-9-16)19-13-18(10-11-21-19)26-15-22-20(24-26)23-17-6-4-3-5-7-17;14-12-8-11(6-7-15-12)19-9-16-13(18-19)17-10-4-2-1-3-5-10;/h3-7,10-11,13,15-16H,2,8-9,12,14H2,1H3,(H,23,24);1-9H,(H,17,18);1H4. The van der Waals surface area contributed by atoms with Crippen LogP contribution in [0.5, 0.6) is 0 Å². The lowest BCUT2D eigenvalue weighted by Crippen LogP contribution is -2.27. The minimum atomic E-state index is 0. The van der Waals surface area contributed by atoms with Crippen LogP contribution in [0, 0.1) is 5.92 Å². The second-order valence-electron chi connectivity index (χ2n) is 10.6. The molecule has 4 aromatic heterocycles. The largest absolute Gasteiger partial charge is 0.356 e. The van der Waals surface area contributed by atoms with E-state index < -0.39 is 0 Å². The fourth-order valence-electron chi connectivity index (χ4n) is 4.63. The van der Waals surface area contributed by atoms with Crippen LogP contribution in [0.25, 0.3) is 11.4 Å². The molecule has 1 saturated carbocycles. The molecule has 2 N–H and O–H groups in total. The predicted octanol–water partition coefficient (Wildman–Crippen LogP) is 7.73. The summed E-state index contributed by atoms with van der Waals surface area (Å²) in [6.45, 7) is 4.34. The van der Waals surface area contributed by atoms with Crippen molar-refractivity contribution in [2.45, 2.75) is 33.6 Å². The summed E-state index contributed by atoms with van der Waals surface area (Å²) in [6, 6.07) is 27.3. The van der Waals surface area contributed by atoms with Gasteiger partial charge in [0.2, 0.25) is 11.9 Å². The zero-order chi connectivity index (χ0) is 30.8. The Bertz CT molecular complexity index is 1790. The topological polar surface area (TPSA) is 114 Å². The number of benzene rings is 2. The Balaban J connectivity index is 0.000000186. The molecule has 0 spiro atoms. The molecule has 0 atom stereocenters. The lowest BCUT2D eigenvalue weighted by atomic mass is 10.3. The molecule has 4 heterocycles. The molecule has 1 aliphatic carbocycles. The van der Waals surface area contributed by atoms with Crippen LogP contribution in [0.4, 0.5) is 29.1 Å². The fourth-order valence-corrected chi connectivity index (χ4v) is 4.80. The molecule has 0 bridgehead atoms. The van der Waals surface area contributed by atoms with Crippen molar-refractivity contribution in [2.24, 2.45) is 5.92 Å². The summed E-state index contributed by atoms with van der Waals surface area (Å²) in [6.07, 6.45) is 10.6. The SMILES string of the molecule is C.CCCN(CC1CC1)c1cc(-n2cnc(Nc3ccccc3)n2)ccn1.Clc1cc(-n2cnc(Nc3ccccc3)n2)ccn1. The molecule has 6 aromatic rings. The van der Waals surface area contributed by atoms with Gasteiger partial charge in [0.15, 0.2) is 0 Å². The number of pyridine rings is 2. The maximum absolute atomic E-state index is 5.84. The molecule has 7 rings (SSSR count). The second-order valence-corrected chi connectivity index (χ2v) is 11.0. The van der Waals surface area contributed by atoms with Crippen molar-refractivity contribution in [3.05, 3.63) is 115 Å². The van der Waals surface area contributed by atoms with E-state index in [1.165, 1.54) is 12.8 Å². The number of rotatable bonds is 11. The van der Waals surface area contributed by atoms with Gasteiger partial charge < -0.3 is 15.5 Å². The normalized spacial score (nSPS) is 12.0. The van der Waals surface area contributed by atoms with Crippen LogP contribution in [0.1, 0.15) is 33.6 Å². The minimum absolute atomic E-state index is 0. The predicted molar refractivity (Wildman–Crippen MR) is 185 cm³/mol. The van der Waals surface area contributed by atoms with Crippen molar-refractivity contribution in [1.29, 1.82) is 0 Å². The minimum Gasteiger partial charge on any atom is -0.356 e. The van der Waals surface area contributed by atoms with E-state index in [1.54, 1.807) is 34.3 Å². The first-order chi connectivity index (χ1) is 22.1. The maximum atomic E-state index is 5.84. The van der Waals surface area contributed by atoms with Crippen LogP contribution in [-0.4, -0.2) is 52.6 Å². The van der Waals surface area contributed by atoms with Crippen LogP contribution in [-0.2, 0) is 0 Å². The number of anilines is 5. The third kappa shape index (κ3) is 8.89. The highest BCUT2D eigenvalue weighted by molar-refractivity contribution is 6.29. The Kier molecular flexibility index (Phi) is 10.9. The van der Waals surface area contributed by atoms with Gasteiger partial charge in [-0.3, -0.25) is 0 Å². The molecule has 46 heavy (non-hydrogen) atoms. The molecule has 0 unspecified atom stereocenters. The first-order valence-electron chi connectivity index (χ1n) is 14.9. The van der Waals surface area contributed by atoms with Crippen LogP contribution >= 0.6 is 11.6 Å². The van der Waals surface area contributed by atoms with Gasteiger partial charge in [-0.1, -0.05) is 62.3 Å².